The second kappa shape index (κ2) is 7.48. The summed E-state index contributed by atoms with van der Waals surface area (Å²) in [5, 5.41) is 0.311. The van der Waals surface area contributed by atoms with Gasteiger partial charge in [0.1, 0.15) is 11.0 Å². The van der Waals surface area contributed by atoms with Crippen LogP contribution in [-0.4, -0.2) is 21.3 Å². The first-order valence-electron chi connectivity index (χ1n) is 9.59. The van der Waals surface area contributed by atoms with E-state index in [-0.39, 0.29) is 0 Å². The lowest BCUT2D eigenvalue weighted by molar-refractivity contribution is 0.406. The molecule has 3 aromatic rings. The Kier molecular flexibility index (Phi) is 5.19. The molecule has 1 aromatic heterocycles. The molecule has 2 aromatic carbocycles. The fourth-order valence-corrected chi connectivity index (χ4v) is 7.41. The number of benzene rings is 2. The Morgan fingerprint density at radius 1 is 1.21 bits per heavy atom. The lowest BCUT2D eigenvalue weighted by Gasteiger charge is -2.14. The predicted molar refractivity (Wildman–Crippen MR) is 113 cm³/mol. The highest BCUT2D eigenvalue weighted by Crippen LogP contribution is 2.46. The lowest BCUT2D eigenvalue weighted by atomic mass is 10.1. The fraction of sp³-hybridized carbons (Fsp3) is 0.364. The van der Waals surface area contributed by atoms with Crippen molar-refractivity contribution in [3.8, 4) is 5.75 Å². The van der Waals surface area contributed by atoms with Gasteiger partial charge in [0, 0.05) is 34.1 Å². The molecule has 4 nitrogen and oxygen atoms in total. The lowest BCUT2D eigenvalue weighted by Crippen LogP contribution is -2.13. The maximum atomic E-state index is 13.5. The van der Waals surface area contributed by atoms with E-state index in [1.165, 1.54) is 0 Å². The maximum Gasteiger partial charge on any atom is 0.186 e. The average molecular weight is 417 g/mol. The summed E-state index contributed by atoms with van der Waals surface area (Å²) in [7, 11) is -1.99. The van der Waals surface area contributed by atoms with Gasteiger partial charge in [0.15, 0.2) is 21.2 Å². The number of sulfone groups is 1. The summed E-state index contributed by atoms with van der Waals surface area (Å²) in [6, 6.07) is 11.1. The van der Waals surface area contributed by atoms with Crippen molar-refractivity contribution in [3.63, 3.8) is 0 Å². The molecule has 1 unspecified atom stereocenters. The van der Waals surface area contributed by atoms with Crippen LogP contribution in [0.5, 0.6) is 5.75 Å². The Balaban J connectivity index is 1.89. The molecule has 1 atom stereocenters. The van der Waals surface area contributed by atoms with Gasteiger partial charge in [0.05, 0.1) is 12.0 Å². The van der Waals surface area contributed by atoms with Gasteiger partial charge in [-0.05, 0) is 30.5 Å². The molecule has 1 aliphatic rings. The zero-order valence-electron chi connectivity index (χ0n) is 16.3. The minimum atomic E-state index is -3.55. The third-order valence-corrected chi connectivity index (χ3v) is 8.78. The molecular formula is C22H24O4S2. The van der Waals surface area contributed by atoms with E-state index in [2.05, 4.69) is 13.8 Å². The number of fused-ring (bicyclic) bond motifs is 2. The Hall–Kier alpha value is -1.92. The molecule has 28 heavy (non-hydrogen) atoms. The predicted octanol–water partition coefficient (Wildman–Crippen LogP) is 5.58. The second-order valence-electron chi connectivity index (χ2n) is 6.99. The molecule has 0 spiro atoms. The van der Waals surface area contributed by atoms with Gasteiger partial charge in [-0.25, -0.2) is 8.42 Å². The van der Waals surface area contributed by atoms with E-state index in [0.717, 1.165) is 46.4 Å². The molecule has 2 heterocycles. The molecular weight excluding hydrogens is 392 g/mol. The summed E-state index contributed by atoms with van der Waals surface area (Å²) in [4.78, 5) is 1.35. The molecule has 0 radical (unpaired) electrons. The summed E-state index contributed by atoms with van der Waals surface area (Å²) in [6.07, 6.45) is 2.59. The number of rotatable bonds is 6. The number of thioether (sulfide) groups is 1. The summed E-state index contributed by atoms with van der Waals surface area (Å²) in [5.74, 6) is 1.94. The van der Waals surface area contributed by atoms with Gasteiger partial charge in [-0.2, -0.15) is 0 Å². The van der Waals surface area contributed by atoms with Crippen LogP contribution in [-0.2, 0) is 22.7 Å². The minimum Gasteiger partial charge on any atom is -0.493 e. The van der Waals surface area contributed by atoms with Crippen LogP contribution in [0.25, 0.3) is 11.0 Å². The van der Waals surface area contributed by atoms with Crippen LogP contribution in [0.3, 0.4) is 0 Å². The largest absolute Gasteiger partial charge is 0.493 e. The molecule has 0 bridgehead atoms. The third-order valence-electron chi connectivity index (χ3n) is 5.33. The Morgan fingerprint density at radius 3 is 2.71 bits per heavy atom. The molecule has 1 aliphatic heterocycles. The maximum absolute atomic E-state index is 13.5. The Morgan fingerprint density at radius 2 is 2.00 bits per heavy atom. The highest BCUT2D eigenvalue weighted by molar-refractivity contribution is 8.01. The molecule has 4 rings (SSSR count). The summed E-state index contributed by atoms with van der Waals surface area (Å²) in [5.41, 5.74) is 2.61. The Labute approximate surface area is 170 Å². The summed E-state index contributed by atoms with van der Waals surface area (Å²) < 4.78 is 38.7. The summed E-state index contributed by atoms with van der Waals surface area (Å²) >= 11 is 1.60. The van der Waals surface area contributed by atoms with Crippen LogP contribution in [0.4, 0.5) is 0 Å². The molecule has 0 saturated carbocycles. The molecule has 148 valence electrons. The average Bonchev–Trinajstić information content (AvgIpc) is 3.28. The zero-order chi connectivity index (χ0) is 19.9. The first kappa shape index (κ1) is 19.4. The van der Waals surface area contributed by atoms with Gasteiger partial charge >= 0.3 is 0 Å². The monoisotopic (exact) mass is 416 g/mol. The molecule has 0 amide bonds. The first-order chi connectivity index (χ1) is 13.5. The van der Waals surface area contributed by atoms with Crippen molar-refractivity contribution < 1.29 is 17.6 Å². The van der Waals surface area contributed by atoms with E-state index in [1.807, 2.05) is 24.3 Å². The van der Waals surface area contributed by atoms with Gasteiger partial charge in [-0.3, -0.25) is 0 Å². The molecule has 0 fully saturated rings. The van der Waals surface area contributed by atoms with E-state index < -0.39 is 15.1 Å². The Bertz CT molecular complexity index is 1130. The van der Waals surface area contributed by atoms with Crippen LogP contribution >= 0.6 is 11.8 Å². The van der Waals surface area contributed by atoms with Gasteiger partial charge in [-0.15, -0.1) is 11.8 Å². The van der Waals surface area contributed by atoms with E-state index in [4.69, 9.17) is 9.15 Å². The number of furan rings is 1. The molecule has 0 saturated heterocycles. The van der Waals surface area contributed by atoms with Gasteiger partial charge in [-0.1, -0.05) is 32.0 Å². The molecule has 0 N–H and O–H groups in total. The van der Waals surface area contributed by atoms with Gasteiger partial charge < -0.3 is 9.15 Å². The minimum absolute atomic E-state index is 0.303. The molecule has 0 aliphatic carbocycles. The highest BCUT2D eigenvalue weighted by atomic mass is 32.2. The number of methoxy groups -OCH3 is 1. The third kappa shape index (κ3) is 3.03. The zero-order valence-corrected chi connectivity index (χ0v) is 18.0. The normalized spacial score (nSPS) is 16.5. The highest BCUT2D eigenvalue weighted by Gasteiger charge is 2.36. The standard InChI is InChI=1S/C22H24O4S2/c1-4-8-18-15(5-2)17-11-14(12-19(25-3)22(17)26-18)28(23,24)21-13-27-20-10-7-6-9-16(20)21/h6-7,9-12,21H,4-5,8,13H2,1-3H3. The fourth-order valence-electron chi connectivity index (χ4n) is 3.93. The second-order valence-corrected chi connectivity index (χ2v) is 10.2. The topological polar surface area (TPSA) is 56.5 Å². The quantitative estimate of drug-likeness (QED) is 0.525. The van der Waals surface area contributed by atoms with Crippen molar-refractivity contribution >= 4 is 32.6 Å². The number of hydrogen-bond donors (Lipinski definition) is 0. The van der Waals surface area contributed by atoms with Crippen LogP contribution in [0.1, 0.15) is 42.4 Å². The first-order valence-corrected chi connectivity index (χ1v) is 12.1. The van der Waals surface area contributed by atoms with Crippen LogP contribution < -0.4 is 4.74 Å². The number of ether oxygens (including phenoxy) is 1. The summed E-state index contributed by atoms with van der Waals surface area (Å²) in [6.45, 7) is 4.18. The number of aryl methyl sites for hydroxylation is 2. The van der Waals surface area contributed by atoms with Crippen LogP contribution in [0, 0.1) is 0 Å². The van der Waals surface area contributed by atoms with Gasteiger partial charge in [0.2, 0.25) is 0 Å². The van der Waals surface area contributed by atoms with Crippen molar-refractivity contribution in [1.29, 1.82) is 0 Å². The molecule has 6 heteroatoms. The van der Waals surface area contributed by atoms with Crippen molar-refractivity contribution in [2.24, 2.45) is 0 Å². The van der Waals surface area contributed by atoms with Crippen molar-refractivity contribution in [1.82, 2.24) is 0 Å². The van der Waals surface area contributed by atoms with Crippen molar-refractivity contribution in [2.45, 2.75) is 48.2 Å². The van der Waals surface area contributed by atoms with E-state index in [9.17, 15) is 8.42 Å². The van der Waals surface area contributed by atoms with Crippen LogP contribution in [0.2, 0.25) is 0 Å². The number of hydrogen-bond acceptors (Lipinski definition) is 5. The van der Waals surface area contributed by atoms with Crippen LogP contribution in [0.15, 0.2) is 50.6 Å². The van der Waals surface area contributed by atoms with E-state index in [0.29, 0.717) is 22.0 Å². The van der Waals surface area contributed by atoms with Crippen molar-refractivity contribution in [2.75, 3.05) is 12.9 Å². The van der Waals surface area contributed by atoms with E-state index in [1.54, 1.807) is 31.0 Å². The smallest absolute Gasteiger partial charge is 0.186 e. The van der Waals surface area contributed by atoms with E-state index >= 15 is 0 Å². The van der Waals surface area contributed by atoms with Crippen molar-refractivity contribution in [3.05, 3.63) is 53.3 Å². The SMILES string of the molecule is CCCc1oc2c(OC)cc(S(=O)(=O)C3CSc4ccccc43)cc2c1CC. The van der Waals surface area contributed by atoms with Gasteiger partial charge in [0.25, 0.3) is 0 Å².